The summed E-state index contributed by atoms with van der Waals surface area (Å²) in [6.07, 6.45) is 1.40. The van der Waals surface area contributed by atoms with Crippen LogP contribution in [-0.2, 0) is 16.3 Å². The molecule has 0 radical (unpaired) electrons. The van der Waals surface area contributed by atoms with Crippen LogP contribution in [0.1, 0.15) is 22.3 Å². The summed E-state index contributed by atoms with van der Waals surface area (Å²) in [5.74, 6) is 0.405. The van der Waals surface area contributed by atoms with Crippen molar-refractivity contribution in [3.05, 3.63) is 29.3 Å². The Balaban J connectivity index is 1.98. The number of hydrogen-bond acceptors (Lipinski definition) is 4. The smallest absolute Gasteiger partial charge is 0.178 e. The number of sulfone groups is 1. The Morgan fingerprint density at radius 3 is 2.72 bits per heavy atom. The maximum absolute atomic E-state index is 12.1. The van der Waals surface area contributed by atoms with Crippen molar-refractivity contribution in [2.75, 3.05) is 18.8 Å². The van der Waals surface area contributed by atoms with Crippen molar-refractivity contribution >= 4 is 15.6 Å². The van der Waals surface area contributed by atoms with Gasteiger partial charge in [-0.2, -0.15) is 0 Å². The number of hydrogen-bond donors (Lipinski definition) is 1. The van der Waals surface area contributed by atoms with Crippen LogP contribution in [0, 0.1) is 5.92 Å². The number of fused-ring (bicyclic) bond motifs is 1. The second-order valence-electron chi connectivity index (χ2n) is 4.96. The normalized spacial score (nSPS) is 22.0. The van der Waals surface area contributed by atoms with E-state index in [0.29, 0.717) is 16.9 Å². The largest absolute Gasteiger partial charge is 0.315 e. The summed E-state index contributed by atoms with van der Waals surface area (Å²) in [4.78, 5) is 12.5. The second kappa shape index (κ2) is 4.17. The molecule has 4 nitrogen and oxygen atoms in total. The van der Waals surface area contributed by atoms with Gasteiger partial charge in [0.2, 0.25) is 0 Å². The third-order valence-electron chi connectivity index (χ3n) is 3.69. The zero-order valence-electron chi connectivity index (χ0n) is 9.98. The molecule has 2 aliphatic rings. The van der Waals surface area contributed by atoms with E-state index in [-0.39, 0.29) is 17.5 Å². The Hall–Kier alpha value is -1.20. The molecule has 2 aliphatic heterocycles. The molecule has 3 rings (SSSR count). The minimum absolute atomic E-state index is 0.0586. The minimum Gasteiger partial charge on any atom is -0.315 e. The monoisotopic (exact) mass is 265 g/mol. The summed E-state index contributed by atoms with van der Waals surface area (Å²) in [6.45, 7) is 1.46. The summed E-state index contributed by atoms with van der Waals surface area (Å²) in [5, 5.41) is 3.07. The van der Waals surface area contributed by atoms with E-state index in [0.717, 1.165) is 25.1 Å². The molecule has 0 unspecified atom stereocenters. The van der Waals surface area contributed by atoms with Crippen LogP contribution in [-0.4, -0.2) is 33.0 Å². The second-order valence-corrected chi connectivity index (χ2v) is 7.04. The third kappa shape index (κ3) is 1.87. The Kier molecular flexibility index (Phi) is 2.75. The molecule has 1 fully saturated rings. The third-order valence-corrected chi connectivity index (χ3v) is 5.59. The van der Waals surface area contributed by atoms with Gasteiger partial charge in [0, 0.05) is 24.6 Å². The van der Waals surface area contributed by atoms with Gasteiger partial charge in [0.15, 0.2) is 15.6 Å². The van der Waals surface area contributed by atoms with E-state index in [9.17, 15) is 13.2 Å². The molecule has 0 atom stereocenters. The van der Waals surface area contributed by atoms with Crippen molar-refractivity contribution in [3.63, 3.8) is 0 Å². The van der Waals surface area contributed by atoms with Gasteiger partial charge in [0.1, 0.15) is 0 Å². The van der Waals surface area contributed by atoms with E-state index in [1.54, 1.807) is 18.2 Å². The maximum Gasteiger partial charge on any atom is 0.178 e. The highest BCUT2D eigenvalue weighted by Crippen LogP contribution is 2.27. The highest BCUT2D eigenvalue weighted by atomic mass is 32.2. The van der Waals surface area contributed by atoms with Gasteiger partial charge in [-0.25, -0.2) is 8.42 Å². The lowest BCUT2D eigenvalue weighted by Crippen LogP contribution is -2.46. The number of nitrogens with one attached hydrogen (secondary N) is 1. The van der Waals surface area contributed by atoms with Crippen LogP contribution in [0.5, 0.6) is 0 Å². The molecule has 0 saturated carbocycles. The quantitative estimate of drug-likeness (QED) is 0.804. The first kappa shape index (κ1) is 11.9. The molecule has 0 bridgehead atoms. The van der Waals surface area contributed by atoms with Gasteiger partial charge in [-0.3, -0.25) is 4.79 Å². The molecule has 0 aliphatic carbocycles. The van der Waals surface area contributed by atoms with Crippen LogP contribution >= 0.6 is 0 Å². The molecule has 0 amide bonds. The lowest BCUT2D eigenvalue weighted by atomic mass is 9.91. The molecule has 2 heterocycles. The van der Waals surface area contributed by atoms with Crippen LogP contribution in [0.4, 0.5) is 0 Å². The first-order valence-electron chi connectivity index (χ1n) is 6.18. The molecule has 0 spiro atoms. The van der Waals surface area contributed by atoms with Gasteiger partial charge >= 0.3 is 0 Å². The molecular formula is C13H15NO3S. The van der Waals surface area contributed by atoms with E-state index in [2.05, 4.69) is 5.32 Å². The standard InChI is InChI=1S/C13H15NO3S/c15-13(11-7-14-8-11)10-3-4-12-9(6-10)2-1-5-18(12,16)17/h3-4,6,11,14H,1-2,5,7-8H2. The number of benzene rings is 1. The first-order valence-corrected chi connectivity index (χ1v) is 7.84. The highest BCUT2D eigenvalue weighted by molar-refractivity contribution is 7.91. The van der Waals surface area contributed by atoms with Crippen LogP contribution < -0.4 is 5.32 Å². The molecule has 1 saturated heterocycles. The number of carbonyl (C=O) groups is 1. The van der Waals surface area contributed by atoms with E-state index < -0.39 is 9.84 Å². The molecule has 0 aromatic heterocycles. The molecule has 1 aromatic carbocycles. The van der Waals surface area contributed by atoms with E-state index >= 15 is 0 Å². The van der Waals surface area contributed by atoms with Crippen molar-refractivity contribution in [3.8, 4) is 0 Å². The molecule has 1 aromatic rings. The van der Waals surface area contributed by atoms with E-state index in [4.69, 9.17) is 0 Å². The number of Topliss-reactive ketones (excluding diaryl/α,β-unsaturated/α-hetero) is 1. The van der Waals surface area contributed by atoms with Crippen molar-refractivity contribution < 1.29 is 13.2 Å². The van der Waals surface area contributed by atoms with Gasteiger partial charge < -0.3 is 5.32 Å². The Morgan fingerprint density at radius 2 is 2.06 bits per heavy atom. The summed E-state index contributed by atoms with van der Waals surface area (Å²) < 4.78 is 23.7. The predicted molar refractivity (Wildman–Crippen MR) is 67.5 cm³/mol. The predicted octanol–water partition coefficient (Wildman–Crippen LogP) is 0.809. The zero-order chi connectivity index (χ0) is 12.8. The Bertz CT molecular complexity index is 603. The lowest BCUT2D eigenvalue weighted by molar-refractivity contribution is 0.0878. The van der Waals surface area contributed by atoms with E-state index in [1.807, 2.05) is 0 Å². The molecule has 96 valence electrons. The number of ketones is 1. The van der Waals surface area contributed by atoms with Gasteiger partial charge in [-0.1, -0.05) is 6.07 Å². The van der Waals surface area contributed by atoms with Gasteiger partial charge in [0.05, 0.1) is 10.6 Å². The SMILES string of the molecule is O=C(c1ccc2c(c1)CCCS2(=O)=O)C1CNC1. The Labute approximate surface area is 106 Å². The van der Waals surface area contributed by atoms with Crippen molar-refractivity contribution in [2.45, 2.75) is 17.7 Å². The van der Waals surface area contributed by atoms with Gasteiger partial charge in [0.25, 0.3) is 0 Å². The first-order chi connectivity index (χ1) is 8.58. The summed E-state index contributed by atoms with van der Waals surface area (Å²) in [7, 11) is -3.12. The van der Waals surface area contributed by atoms with Crippen LogP contribution in [0.3, 0.4) is 0 Å². The summed E-state index contributed by atoms with van der Waals surface area (Å²) in [6, 6.07) is 5.03. The van der Waals surface area contributed by atoms with Gasteiger partial charge in [-0.05, 0) is 30.5 Å². The number of rotatable bonds is 2. The van der Waals surface area contributed by atoms with Crippen LogP contribution in [0.2, 0.25) is 0 Å². The Morgan fingerprint density at radius 1 is 1.28 bits per heavy atom. The molecule has 18 heavy (non-hydrogen) atoms. The average Bonchev–Trinajstić information content (AvgIpc) is 2.25. The van der Waals surface area contributed by atoms with Crippen LogP contribution in [0.25, 0.3) is 0 Å². The lowest BCUT2D eigenvalue weighted by Gasteiger charge is -2.26. The molecule has 5 heteroatoms. The number of carbonyl (C=O) groups excluding carboxylic acids is 1. The summed E-state index contributed by atoms with van der Waals surface area (Å²) >= 11 is 0. The zero-order valence-corrected chi connectivity index (χ0v) is 10.8. The fraction of sp³-hybridized carbons (Fsp3) is 0.462. The number of aryl methyl sites for hydroxylation is 1. The fourth-order valence-electron chi connectivity index (χ4n) is 2.50. The topological polar surface area (TPSA) is 63.2 Å². The average molecular weight is 265 g/mol. The summed E-state index contributed by atoms with van der Waals surface area (Å²) in [5.41, 5.74) is 1.46. The maximum atomic E-state index is 12.1. The minimum atomic E-state index is -3.12. The van der Waals surface area contributed by atoms with Crippen molar-refractivity contribution in [2.24, 2.45) is 5.92 Å². The van der Waals surface area contributed by atoms with E-state index in [1.165, 1.54) is 0 Å². The van der Waals surface area contributed by atoms with Crippen molar-refractivity contribution in [1.29, 1.82) is 0 Å². The van der Waals surface area contributed by atoms with Gasteiger partial charge in [-0.15, -0.1) is 0 Å². The van der Waals surface area contributed by atoms with Crippen molar-refractivity contribution in [1.82, 2.24) is 5.32 Å². The molecule has 1 N–H and O–H groups in total. The van der Waals surface area contributed by atoms with Crippen LogP contribution in [0.15, 0.2) is 23.1 Å². The fourth-order valence-corrected chi connectivity index (χ4v) is 4.08. The molecular weight excluding hydrogens is 250 g/mol. The highest BCUT2D eigenvalue weighted by Gasteiger charge is 2.28.